The third kappa shape index (κ3) is 1.91. The van der Waals surface area contributed by atoms with Gasteiger partial charge >= 0.3 is 0 Å². The smallest absolute Gasteiger partial charge is 0.0546 e. The first-order chi connectivity index (χ1) is 4.74. The molecular formula is C7H15O2P. The molecule has 0 aromatic heterocycles. The lowest BCUT2D eigenvalue weighted by molar-refractivity contribution is 0.170. The zero-order chi connectivity index (χ0) is 7.56. The standard InChI is InChI=1S/C7H15O2P/c1-5-2-7(8)3-6(5)4-9-10/h5-8H,2-4,10H2,1H3/t5?,6-,7?/m1/s1. The van der Waals surface area contributed by atoms with Crippen LogP contribution in [-0.2, 0) is 4.52 Å². The van der Waals surface area contributed by atoms with E-state index in [0.717, 1.165) is 19.4 Å². The van der Waals surface area contributed by atoms with E-state index >= 15 is 0 Å². The van der Waals surface area contributed by atoms with Gasteiger partial charge in [0.25, 0.3) is 0 Å². The number of aliphatic hydroxyl groups is 1. The molecule has 0 radical (unpaired) electrons. The van der Waals surface area contributed by atoms with Gasteiger partial charge in [-0.3, -0.25) is 0 Å². The molecule has 0 saturated heterocycles. The second-order valence-corrected chi connectivity index (χ2v) is 3.53. The monoisotopic (exact) mass is 162 g/mol. The molecule has 1 aliphatic rings. The van der Waals surface area contributed by atoms with E-state index in [1.807, 2.05) is 0 Å². The van der Waals surface area contributed by atoms with Gasteiger partial charge in [-0.2, -0.15) is 0 Å². The highest BCUT2D eigenvalue weighted by Gasteiger charge is 2.29. The Hall–Kier alpha value is 0.350. The van der Waals surface area contributed by atoms with E-state index in [2.05, 4.69) is 16.4 Å². The molecule has 2 nitrogen and oxygen atoms in total. The molecule has 60 valence electrons. The minimum Gasteiger partial charge on any atom is -0.393 e. The van der Waals surface area contributed by atoms with E-state index in [9.17, 15) is 5.11 Å². The van der Waals surface area contributed by atoms with Crippen molar-refractivity contribution in [3.05, 3.63) is 0 Å². The van der Waals surface area contributed by atoms with Crippen molar-refractivity contribution in [3.8, 4) is 0 Å². The summed E-state index contributed by atoms with van der Waals surface area (Å²) < 4.78 is 4.95. The predicted molar refractivity (Wildman–Crippen MR) is 43.6 cm³/mol. The van der Waals surface area contributed by atoms with Crippen molar-refractivity contribution >= 4 is 9.47 Å². The summed E-state index contributed by atoms with van der Waals surface area (Å²) in [5.74, 6) is 1.18. The number of rotatable bonds is 2. The van der Waals surface area contributed by atoms with E-state index in [-0.39, 0.29) is 6.10 Å². The van der Waals surface area contributed by atoms with Crippen molar-refractivity contribution in [3.63, 3.8) is 0 Å². The van der Waals surface area contributed by atoms with E-state index in [4.69, 9.17) is 4.52 Å². The largest absolute Gasteiger partial charge is 0.393 e. The van der Waals surface area contributed by atoms with Crippen LogP contribution in [0.1, 0.15) is 19.8 Å². The molecule has 3 heteroatoms. The molecule has 10 heavy (non-hydrogen) atoms. The summed E-state index contributed by atoms with van der Waals surface area (Å²) in [4.78, 5) is 0. The molecule has 0 aliphatic heterocycles. The fourth-order valence-electron chi connectivity index (χ4n) is 1.66. The Balaban J connectivity index is 2.31. The van der Waals surface area contributed by atoms with Crippen LogP contribution in [0.4, 0.5) is 0 Å². The van der Waals surface area contributed by atoms with Crippen LogP contribution in [0, 0.1) is 11.8 Å². The van der Waals surface area contributed by atoms with Gasteiger partial charge in [0, 0.05) is 9.47 Å². The molecule has 0 heterocycles. The highest BCUT2D eigenvalue weighted by molar-refractivity contribution is 7.09. The van der Waals surface area contributed by atoms with Gasteiger partial charge in [0.1, 0.15) is 0 Å². The average Bonchev–Trinajstić information content (AvgIpc) is 2.13. The lowest BCUT2D eigenvalue weighted by atomic mass is 10.00. The molecule has 0 amide bonds. The van der Waals surface area contributed by atoms with E-state index in [1.54, 1.807) is 0 Å². The molecule has 0 aromatic rings. The molecule has 1 aliphatic carbocycles. The molecule has 0 spiro atoms. The maximum atomic E-state index is 9.23. The Morgan fingerprint density at radius 1 is 1.60 bits per heavy atom. The minimum atomic E-state index is -0.0832. The second-order valence-electron chi connectivity index (χ2n) is 3.20. The normalized spacial score (nSPS) is 40.5. The van der Waals surface area contributed by atoms with Crippen molar-refractivity contribution in [1.29, 1.82) is 0 Å². The van der Waals surface area contributed by atoms with Gasteiger partial charge in [-0.25, -0.2) is 0 Å². The van der Waals surface area contributed by atoms with Crippen molar-refractivity contribution in [2.45, 2.75) is 25.9 Å². The van der Waals surface area contributed by atoms with Crippen LogP contribution in [-0.4, -0.2) is 17.8 Å². The minimum absolute atomic E-state index is 0.0832. The van der Waals surface area contributed by atoms with Gasteiger partial charge in [0.05, 0.1) is 12.7 Å². The van der Waals surface area contributed by atoms with Gasteiger partial charge in [0.2, 0.25) is 0 Å². The first-order valence-corrected chi connectivity index (χ1v) is 4.21. The van der Waals surface area contributed by atoms with Crippen molar-refractivity contribution in [2.75, 3.05) is 6.61 Å². The van der Waals surface area contributed by atoms with E-state index in [1.165, 1.54) is 0 Å². The second kappa shape index (κ2) is 3.66. The quantitative estimate of drug-likeness (QED) is 0.618. The summed E-state index contributed by atoms with van der Waals surface area (Å²) in [6, 6.07) is 0. The van der Waals surface area contributed by atoms with Crippen LogP contribution in [0.15, 0.2) is 0 Å². The summed E-state index contributed by atoms with van der Waals surface area (Å²) in [5.41, 5.74) is 0. The zero-order valence-corrected chi connectivity index (χ0v) is 7.44. The van der Waals surface area contributed by atoms with Crippen LogP contribution in [0.25, 0.3) is 0 Å². The van der Waals surface area contributed by atoms with Crippen LogP contribution >= 0.6 is 9.47 Å². The molecule has 4 atom stereocenters. The Bertz CT molecular complexity index is 108. The summed E-state index contributed by atoms with van der Waals surface area (Å²) in [6.45, 7) is 2.94. The third-order valence-corrected chi connectivity index (χ3v) is 2.53. The van der Waals surface area contributed by atoms with Gasteiger partial charge in [-0.15, -0.1) is 0 Å². The van der Waals surface area contributed by atoms with Crippen LogP contribution in [0.5, 0.6) is 0 Å². The number of aliphatic hydroxyl groups excluding tert-OH is 1. The third-order valence-electron chi connectivity index (χ3n) is 2.33. The first-order valence-electron chi connectivity index (χ1n) is 3.73. The Morgan fingerprint density at radius 2 is 2.30 bits per heavy atom. The van der Waals surface area contributed by atoms with Crippen LogP contribution in [0.2, 0.25) is 0 Å². The van der Waals surface area contributed by atoms with Gasteiger partial charge in [-0.05, 0) is 24.7 Å². The summed E-state index contributed by atoms with van der Waals surface area (Å²) in [6.07, 6.45) is 1.77. The molecule has 1 rings (SSSR count). The molecule has 3 unspecified atom stereocenters. The molecule has 1 fully saturated rings. The summed E-state index contributed by atoms with van der Waals surface area (Å²) >= 11 is 0. The SMILES string of the molecule is CC1CC(O)C[C@@H]1COP. The maximum absolute atomic E-state index is 9.23. The topological polar surface area (TPSA) is 29.5 Å². The van der Waals surface area contributed by atoms with Crippen molar-refractivity contribution in [2.24, 2.45) is 11.8 Å². The predicted octanol–water partition coefficient (Wildman–Crippen LogP) is 1.20. The molecule has 0 aromatic carbocycles. The fraction of sp³-hybridized carbons (Fsp3) is 1.00. The summed E-state index contributed by atoms with van der Waals surface area (Å²) in [7, 11) is 2.26. The van der Waals surface area contributed by atoms with Crippen LogP contribution in [0.3, 0.4) is 0 Å². The molecule has 0 bridgehead atoms. The van der Waals surface area contributed by atoms with Crippen LogP contribution < -0.4 is 0 Å². The van der Waals surface area contributed by atoms with Gasteiger partial charge in [-0.1, -0.05) is 6.92 Å². The van der Waals surface area contributed by atoms with Crippen molar-refractivity contribution in [1.82, 2.24) is 0 Å². The Labute approximate surface area is 64.2 Å². The molecule has 1 N–H and O–H groups in total. The van der Waals surface area contributed by atoms with Gasteiger partial charge < -0.3 is 9.63 Å². The summed E-state index contributed by atoms with van der Waals surface area (Å²) in [5, 5.41) is 9.23. The lowest BCUT2D eigenvalue weighted by Gasteiger charge is -2.11. The van der Waals surface area contributed by atoms with Crippen molar-refractivity contribution < 1.29 is 9.63 Å². The van der Waals surface area contributed by atoms with Gasteiger partial charge in [0.15, 0.2) is 0 Å². The Morgan fingerprint density at radius 3 is 2.70 bits per heavy atom. The zero-order valence-electron chi connectivity index (χ0n) is 6.29. The Kier molecular flexibility index (Phi) is 3.09. The molecular weight excluding hydrogens is 147 g/mol. The van der Waals surface area contributed by atoms with E-state index in [0.29, 0.717) is 11.8 Å². The number of hydrogen-bond donors (Lipinski definition) is 1. The highest BCUT2D eigenvalue weighted by Crippen LogP contribution is 2.31. The number of hydrogen-bond acceptors (Lipinski definition) is 2. The fourth-order valence-corrected chi connectivity index (χ4v) is 1.90. The van der Waals surface area contributed by atoms with E-state index < -0.39 is 0 Å². The maximum Gasteiger partial charge on any atom is 0.0546 e. The molecule has 1 saturated carbocycles. The average molecular weight is 162 g/mol. The highest BCUT2D eigenvalue weighted by atomic mass is 31.0. The lowest BCUT2D eigenvalue weighted by Crippen LogP contribution is -2.09. The first kappa shape index (κ1) is 8.45.